The van der Waals surface area contributed by atoms with Gasteiger partial charge >= 0.3 is 6.18 Å². The number of nitrogens with two attached hydrogens (primary N) is 1. The van der Waals surface area contributed by atoms with Crippen LogP contribution in [-0.4, -0.2) is 80.2 Å². The Bertz CT molecular complexity index is 1390. The van der Waals surface area contributed by atoms with Crippen LogP contribution in [0.3, 0.4) is 0 Å². The zero-order chi connectivity index (χ0) is 27.9. The zero-order valence-electron chi connectivity index (χ0n) is 21.2. The van der Waals surface area contributed by atoms with Crippen molar-refractivity contribution in [1.29, 1.82) is 0 Å². The Morgan fingerprint density at radius 1 is 1.18 bits per heavy atom. The lowest BCUT2D eigenvalue weighted by molar-refractivity contribution is -0.141. The molecule has 5 rings (SSSR count). The van der Waals surface area contributed by atoms with Crippen molar-refractivity contribution in [2.24, 2.45) is 12.8 Å². The van der Waals surface area contributed by atoms with Crippen LogP contribution in [0.4, 0.5) is 18.9 Å². The number of carbonyl (C=O) groups is 2. The van der Waals surface area contributed by atoms with E-state index in [4.69, 9.17) is 17.3 Å². The fourth-order valence-electron chi connectivity index (χ4n) is 4.67. The summed E-state index contributed by atoms with van der Waals surface area (Å²) >= 11 is 6.40. The Balaban J connectivity index is 1.30. The third kappa shape index (κ3) is 5.65. The molecule has 10 nitrogen and oxygen atoms in total. The van der Waals surface area contributed by atoms with Crippen molar-refractivity contribution < 1.29 is 22.8 Å². The molecule has 1 aliphatic carbocycles. The Morgan fingerprint density at radius 2 is 1.90 bits per heavy atom. The summed E-state index contributed by atoms with van der Waals surface area (Å²) in [5, 5.41) is 6.58. The molecule has 1 saturated heterocycles. The molecule has 14 heteroatoms. The fraction of sp³-hybridized carbons (Fsp3) is 0.440. The molecule has 0 radical (unpaired) electrons. The van der Waals surface area contributed by atoms with E-state index in [2.05, 4.69) is 20.3 Å². The zero-order valence-corrected chi connectivity index (χ0v) is 22.0. The highest BCUT2D eigenvalue weighted by atomic mass is 35.5. The van der Waals surface area contributed by atoms with Crippen molar-refractivity contribution in [2.75, 3.05) is 44.6 Å². The maximum absolute atomic E-state index is 13.7. The average Bonchev–Trinajstić information content (AvgIpc) is 3.52. The fourth-order valence-corrected chi connectivity index (χ4v) is 4.93. The Labute approximate surface area is 227 Å². The van der Waals surface area contributed by atoms with E-state index in [0.29, 0.717) is 30.9 Å². The number of hydrogen-bond donors (Lipinski definition) is 2. The van der Waals surface area contributed by atoms with Gasteiger partial charge in [0.2, 0.25) is 0 Å². The molecule has 3 N–H and O–H groups in total. The molecule has 208 valence electrons. The van der Waals surface area contributed by atoms with E-state index in [9.17, 15) is 22.8 Å². The minimum absolute atomic E-state index is 0.0452. The highest BCUT2D eigenvalue weighted by Gasteiger charge is 2.40. The molecule has 2 aliphatic rings. The topological polar surface area (TPSA) is 114 Å². The molecule has 1 aliphatic heterocycles. The van der Waals surface area contributed by atoms with Gasteiger partial charge in [-0.1, -0.05) is 11.6 Å². The molecule has 2 amide bonds. The van der Waals surface area contributed by atoms with Crippen LogP contribution in [0.5, 0.6) is 0 Å². The summed E-state index contributed by atoms with van der Waals surface area (Å²) in [6.45, 7) is 3.92. The SMILES string of the molecule is Cn1c(-c2cn(C3CC3)nc2C(F)(F)F)cnc1C(=O)Nc1ccc(C(=O)N2CCN(CCN)CC2)c(Cl)c1. The molecule has 0 spiro atoms. The van der Waals surface area contributed by atoms with Crippen LogP contribution in [-0.2, 0) is 13.2 Å². The van der Waals surface area contributed by atoms with Crippen molar-refractivity contribution in [3.8, 4) is 11.3 Å². The van der Waals surface area contributed by atoms with E-state index in [1.165, 1.54) is 40.8 Å². The minimum Gasteiger partial charge on any atom is -0.336 e. The molecule has 1 aromatic carbocycles. The van der Waals surface area contributed by atoms with Crippen LogP contribution in [0.1, 0.15) is 45.6 Å². The van der Waals surface area contributed by atoms with Crippen molar-refractivity contribution >= 4 is 29.1 Å². The molecule has 39 heavy (non-hydrogen) atoms. The highest BCUT2D eigenvalue weighted by molar-refractivity contribution is 6.34. The van der Waals surface area contributed by atoms with Crippen LogP contribution in [0.2, 0.25) is 5.02 Å². The van der Waals surface area contributed by atoms with Crippen LogP contribution in [0.25, 0.3) is 11.3 Å². The maximum atomic E-state index is 13.7. The van der Waals surface area contributed by atoms with Gasteiger partial charge in [0.05, 0.1) is 34.1 Å². The van der Waals surface area contributed by atoms with E-state index in [1.807, 2.05) is 0 Å². The number of piperazine rings is 1. The molecule has 3 heterocycles. The predicted octanol–water partition coefficient (Wildman–Crippen LogP) is 3.26. The van der Waals surface area contributed by atoms with Gasteiger partial charge in [-0.15, -0.1) is 0 Å². The second-order valence-electron chi connectivity index (χ2n) is 9.70. The van der Waals surface area contributed by atoms with Crippen LogP contribution in [0, 0.1) is 0 Å². The molecule has 2 aromatic heterocycles. The molecular weight excluding hydrogens is 537 g/mol. The van der Waals surface area contributed by atoms with Gasteiger partial charge in [0.25, 0.3) is 11.8 Å². The number of alkyl halides is 3. The summed E-state index contributed by atoms with van der Waals surface area (Å²) in [4.78, 5) is 33.9. The van der Waals surface area contributed by atoms with Crippen molar-refractivity contribution in [1.82, 2.24) is 29.1 Å². The summed E-state index contributed by atoms with van der Waals surface area (Å²) < 4.78 is 43.7. The van der Waals surface area contributed by atoms with Crippen molar-refractivity contribution in [3.05, 3.63) is 52.7 Å². The smallest absolute Gasteiger partial charge is 0.336 e. The second-order valence-corrected chi connectivity index (χ2v) is 10.1. The van der Waals surface area contributed by atoms with Gasteiger partial charge in [-0.2, -0.15) is 18.3 Å². The molecule has 2 fully saturated rings. The van der Waals surface area contributed by atoms with E-state index in [0.717, 1.165) is 32.5 Å². The lowest BCUT2D eigenvalue weighted by atomic mass is 10.1. The summed E-state index contributed by atoms with van der Waals surface area (Å²) in [5.41, 5.74) is 5.19. The number of carbonyl (C=O) groups excluding carboxylic acids is 2. The molecule has 0 bridgehead atoms. The van der Waals surface area contributed by atoms with Gasteiger partial charge in [-0.05, 0) is 31.0 Å². The third-order valence-electron chi connectivity index (χ3n) is 6.95. The number of benzene rings is 1. The molecular formula is C25H28ClF3N8O2. The summed E-state index contributed by atoms with van der Waals surface area (Å²) in [7, 11) is 1.47. The summed E-state index contributed by atoms with van der Waals surface area (Å²) in [6.07, 6.45) is -0.533. The summed E-state index contributed by atoms with van der Waals surface area (Å²) in [5.74, 6) is -0.937. The Hall–Kier alpha value is -3.42. The number of imidazole rings is 1. The largest absolute Gasteiger partial charge is 0.435 e. The number of hydrogen-bond acceptors (Lipinski definition) is 6. The van der Waals surface area contributed by atoms with Crippen molar-refractivity contribution in [2.45, 2.75) is 25.1 Å². The highest BCUT2D eigenvalue weighted by Crippen LogP contribution is 2.41. The van der Waals surface area contributed by atoms with Gasteiger partial charge < -0.3 is 20.5 Å². The Morgan fingerprint density at radius 3 is 2.51 bits per heavy atom. The van der Waals surface area contributed by atoms with Gasteiger partial charge in [0, 0.05) is 58.2 Å². The first-order chi connectivity index (χ1) is 18.6. The van der Waals surface area contributed by atoms with Gasteiger partial charge in [-0.3, -0.25) is 19.2 Å². The number of nitrogens with one attached hydrogen (secondary N) is 1. The van der Waals surface area contributed by atoms with Gasteiger partial charge in [0.15, 0.2) is 11.5 Å². The third-order valence-corrected chi connectivity index (χ3v) is 7.26. The normalized spacial score (nSPS) is 16.5. The monoisotopic (exact) mass is 564 g/mol. The Kier molecular flexibility index (Phi) is 7.40. The number of anilines is 1. The first kappa shape index (κ1) is 27.2. The molecule has 0 unspecified atom stereocenters. The quantitative estimate of drug-likeness (QED) is 0.455. The van der Waals surface area contributed by atoms with Crippen LogP contribution < -0.4 is 11.1 Å². The average molecular weight is 565 g/mol. The molecule has 1 saturated carbocycles. The van der Waals surface area contributed by atoms with E-state index in [1.54, 1.807) is 11.0 Å². The predicted molar refractivity (Wildman–Crippen MR) is 139 cm³/mol. The lowest BCUT2D eigenvalue weighted by Crippen LogP contribution is -2.49. The summed E-state index contributed by atoms with van der Waals surface area (Å²) in [6, 6.07) is 4.50. The number of halogens is 4. The van der Waals surface area contributed by atoms with Gasteiger partial charge in [0.1, 0.15) is 0 Å². The van der Waals surface area contributed by atoms with E-state index in [-0.39, 0.29) is 34.1 Å². The maximum Gasteiger partial charge on any atom is 0.435 e. The number of rotatable bonds is 7. The molecule has 0 atom stereocenters. The van der Waals surface area contributed by atoms with Crippen LogP contribution in [0.15, 0.2) is 30.6 Å². The van der Waals surface area contributed by atoms with Gasteiger partial charge in [-0.25, -0.2) is 4.98 Å². The molecule has 3 aromatic rings. The van der Waals surface area contributed by atoms with Crippen molar-refractivity contribution in [3.63, 3.8) is 0 Å². The van der Waals surface area contributed by atoms with E-state index >= 15 is 0 Å². The second kappa shape index (κ2) is 10.6. The van der Waals surface area contributed by atoms with E-state index < -0.39 is 17.8 Å². The number of aromatic nitrogens is 4. The lowest BCUT2D eigenvalue weighted by Gasteiger charge is -2.34. The first-order valence-corrected chi connectivity index (χ1v) is 13.0. The minimum atomic E-state index is -4.66. The number of nitrogens with zero attached hydrogens (tertiary/aromatic N) is 6. The number of amides is 2. The standard InChI is InChI=1S/C25H28ClF3N8O2/c1-34-20(18-14-37(16-3-4-16)33-21(18)25(27,28)29)13-31-22(34)23(38)32-15-2-5-17(19(26)12-15)24(39)36-10-8-35(7-6-30)9-11-36/h2,5,12-14,16H,3-4,6-11,30H2,1H3,(H,32,38). The first-order valence-electron chi connectivity index (χ1n) is 12.6. The van der Waals surface area contributed by atoms with Crippen LogP contribution >= 0.6 is 11.6 Å².